The summed E-state index contributed by atoms with van der Waals surface area (Å²) >= 11 is 0. The van der Waals surface area contributed by atoms with Crippen molar-refractivity contribution in [3.8, 4) is 0 Å². The monoisotopic (exact) mass is 338 g/mol. The van der Waals surface area contributed by atoms with Crippen molar-refractivity contribution in [1.82, 2.24) is 9.46 Å². The van der Waals surface area contributed by atoms with E-state index >= 15 is 0 Å². The van der Waals surface area contributed by atoms with Gasteiger partial charge < -0.3 is 4.52 Å². The van der Waals surface area contributed by atoms with E-state index in [0.29, 0.717) is 18.7 Å². The van der Waals surface area contributed by atoms with Crippen LogP contribution >= 0.6 is 0 Å². The number of sulfonamides is 1. The number of rotatable bonds is 5. The number of hydrogen-bond donors (Lipinski definition) is 0. The first-order valence-electron chi connectivity index (χ1n) is 7.75. The van der Waals surface area contributed by atoms with Gasteiger partial charge in [-0.2, -0.15) is 4.31 Å². The summed E-state index contributed by atoms with van der Waals surface area (Å²) in [6.07, 6.45) is 3.20. The second-order valence-corrected chi connectivity index (χ2v) is 7.59. The highest BCUT2D eigenvalue weighted by atomic mass is 32.2. The van der Waals surface area contributed by atoms with Crippen LogP contribution in [0.25, 0.3) is 0 Å². The smallest absolute Gasteiger partial charge is 0.243 e. The van der Waals surface area contributed by atoms with Crippen LogP contribution in [0.4, 0.5) is 4.39 Å². The largest absolute Gasteiger partial charge is 0.361 e. The minimum Gasteiger partial charge on any atom is -0.361 e. The summed E-state index contributed by atoms with van der Waals surface area (Å²) in [6.45, 7) is 2.48. The van der Waals surface area contributed by atoms with E-state index in [-0.39, 0.29) is 10.9 Å². The fourth-order valence-corrected chi connectivity index (χ4v) is 4.58. The first-order valence-corrected chi connectivity index (χ1v) is 9.19. The maximum Gasteiger partial charge on any atom is 0.243 e. The normalized spacial score (nSPS) is 19.3. The SMILES string of the molecule is CCCc1cc(C2CCCN2S(=O)(=O)c2ccc(F)cc2)no1. The van der Waals surface area contributed by atoms with Crippen LogP contribution in [-0.4, -0.2) is 24.4 Å². The van der Waals surface area contributed by atoms with E-state index < -0.39 is 15.8 Å². The molecule has 3 rings (SSSR count). The highest BCUT2D eigenvalue weighted by Crippen LogP contribution is 2.36. The van der Waals surface area contributed by atoms with Gasteiger partial charge in [-0.25, -0.2) is 12.8 Å². The minimum absolute atomic E-state index is 0.100. The zero-order valence-electron chi connectivity index (χ0n) is 12.9. The van der Waals surface area contributed by atoms with Gasteiger partial charge in [0.2, 0.25) is 10.0 Å². The number of benzene rings is 1. The molecule has 0 N–H and O–H groups in total. The van der Waals surface area contributed by atoms with Crippen LogP contribution in [0.15, 0.2) is 39.8 Å². The zero-order chi connectivity index (χ0) is 16.4. The first-order chi connectivity index (χ1) is 11.0. The van der Waals surface area contributed by atoms with Gasteiger partial charge in [0, 0.05) is 19.0 Å². The molecule has 1 aliphatic heterocycles. The Morgan fingerprint density at radius 2 is 2.09 bits per heavy atom. The molecule has 1 saturated heterocycles. The first kappa shape index (κ1) is 16.1. The molecule has 5 nitrogen and oxygen atoms in total. The van der Waals surface area contributed by atoms with E-state index in [0.717, 1.165) is 37.2 Å². The average molecular weight is 338 g/mol. The Kier molecular flexibility index (Phi) is 4.50. The van der Waals surface area contributed by atoms with Crippen molar-refractivity contribution in [2.75, 3.05) is 6.54 Å². The molecule has 0 amide bonds. The maximum absolute atomic E-state index is 13.0. The lowest BCUT2D eigenvalue weighted by molar-refractivity contribution is 0.343. The third-order valence-electron chi connectivity index (χ3n) is 4.04. The summed E-state index contributed by atoms with van der Waals surface area (Å²) in [7, 11) is -3.67. The second-order valence-electron chi connectivity index (χ2n) is 5.70. The van der Waals surface area contributed by atoms with Gasteiger partial charge in [-0.1, -0.05) is 12.1 Å². The second kappa shape index (κ2) is 6.41. The van der Waals surface area contributed by atoms with Crippen LogP contribution in [0.5, 0.6) is 0 Å². The number of halogens is 1. The summed E-state index contributed by atoms with van der Waals surface area (Å²) < 4.78 is 45.4. The van der Waals surface area contributed by atoms with Gasteiger partial charge in [0.15, 0.2) is 0 Å². The molecule has 2 heterocycles. The molecule has 23 heavy (non-hydrogen) atoms. The van der Waals surface area contributed by atoms with E-state index in [1.165, 1.54) is 16.4 Å². The molecule has 0 saturated carbocycles. The van der Waals surface area contributed by atoms with Gasteiger partial charge in [-0.3, -0.25) is 0 Å². The predicted molar refractivity (Wildman–Crippen MR) is 82.8 cm³/mol. The topological polar surface area (TPSA) is 63.4 Å². The Morgan fingerprint density at radius 3 is 2.78 bits per heavy atom. The predicted octanol–water partition coefficient (Wildman–Crippen LogP) is 3.29. The fraction of sp³-hybridized carbons (Fsp3) is 0.438. The molecule has 0 radical (unpaired) electrons. The van der Waals surface area contributed by atoms with Crippen molar-refractivity contribution >= 4 is 10.0 Å². The molecule has 7 heteroatoms. The van der Waals surface area contributed by atoms with Gasteiger partial charge in [-0.15, -0.1) is 0 Å². The zero-order valence-corrected chi connectivity index (χ0v) is 13.7. The molecule has 0 spiro atoms. The van der Waals surface area contributed by atoms with Crippen molar-refractivity contribution < 1.29 is 17.3 Å². The molecule has 0 bridgehead atoms. The minimum atomic E-state index is -3.67. The van der Waals surface area contributed by atoms with Crippen molar-refractivity contribution in [3.63, 3.8) is 0 Å². The van der Waals surface area contributed by atoms with Gasteiger partial charge in [0.05, 0.1) is 10.9 Å². The number of aryl methyl sites for hydroxylation is 1. The summed E-state index contributed by atoms with van der Waals surface area (Å²) in [6, 6.07) is 6.43. The molecule has 1 fully saturated rings. The van der Waals surface area contributed by atoms with Crippen LogP contribution in [-0.2, 0) is 16.4 Å². The van der Waals surface area contributed by atoms with Gasteiger partial charge >= 0.3 is 0 Å². The third kappa shape index (κ3) is 3.16. The molecule has 2 aromatic rings. The van der Waals surface area contributed by atoms with E-state index in [9.17, 15) is 12.8 Å². The average Bonchev–Trinajstić information content (AvgIpc) is 3.16. The molecule has 1 atom stereocenters. The highest BCUT2D eigenvalue weighted by Gasteiger charge is 2.37. The van der Waals surface area contributed by atoms with Crippen molar-refractivity contribution in [2.24, 2.45) is 0 Å². The molecule has 0 aliphatic carbocycles. The number of hydrogen-bond acceptors (Lipinski definition) is 4. The lowest BCUT2D eigenvalue weighted by Crippen LogP contribution is -2.30. The Morgan fingerprint density at radius 1 is 1.35 bits per heavy atom. The van der Waals surface area contributed by atoms with E-state index in [2.05, 4.69) is 5.16 Å². The fourth-order valence-electron chi connectivity index (χ4n) is 2.92. The summed E-state index contributed by atoms with van der Waals surface area (Å²) in [5, 5.41) is 4.05. The standard InChI is InChI=1S/C16H19FN2O3S/c1-2-4-13-11-15(18-22-13)16-5-3-10-19(16)23(20,21)14-8-6-12(17)7-9-14/h6-9,11,16H,2-5,10H2,1H3. The Bertz CT molecular complexity index is 771. The number of aromatic nitrogens is 1. The summed E-state index contributed by atoms with van der Waals surface area (Å²) in [5.41, 5.74) is 0.650. The maximum atomic E-state index is 13.0. The van der Waals surface area contributed by atoms with Crippen LogP contribution < -0.4 is 0 Å². The lowest BCUT2D eigenvalue weighted by Gasteiger charge is -2.22. The van der Waals surface area contributed by atoms with E-state index in [1.807, 2.05) is 13.0 Å². The summed E-state index contributed by atoms with van der Waals surface area (Å²) in [4.78, 5) is 0.100. The third-order valence-corrected chi connectivity index (χ3v) is 5.96. The van der Waals surface area contributed by atoms with Crippen LogP contribution in [0.3, 0.4) is 0 Å². The lowest BCUT2D eigenvalue weighted by atomic mass is 10.1. The van der Waals surface area contributed by atoms with Crippen molar-refractivity contribution in [1.29, 1.82) is 0 Å². The Labute approximate surface area is 135 Å². The Hall–Kier alpha value is -1.73. The molecule has 124 valence electrons. The van der Waals surface area contributed by atoms with Crippen molar-refractivity contribution in [2.45, 2.75) is 43.5 Å². The quantitative estimate of drug-likeness (QED) is 0.839. The molecule has 1 aromatic heterocycles. The van der Waals surface area contributed by atoms with E-state index in [1.54, 1.807) is 0 Å². The van der Waals surface area contributed by atoms with Crippen LogP contribution in [0.2, 0.25) is 0 Å². The van der Waals surface area contributed by atoms with E-state index in [4.69, 9.17) is 4.52 Å². The highest BCUT2D eigenvalue weighted by molar-refractivity contribution is 7.89. The molecule has 1 unspecified atom stereocenters. The van der Waals surface area contributed by atoms with Gasteiger partial charge in [0.1, 0.15) is 17.3 Å². The molecule has 1 aliphatic rings. The van der Waals surface area contributed by atoms with Gasteiger partial charge in [-0.05, 0) is 43.5 Å². The van der Waals surface area contributed by atoms with Crippen LogP contribution in [0.1, 0.15) is 43.7 Å². The van der Waals surface area contributed by atoms with Gasteiger partial charge in [0.25, 0.3) is 0 Å². The summed E-state index contributed by atoms with van der Waals surface area (Å²) in [5.74, 6) is 0.316. The van der Waals surface area contributed by atoms with Crippen molar-refractivity contribution in [3.05, 3.63) is 47.6 Å². The number of nitrogens with zero attached hydrogens (tertiary/aromatic N) is 2. The van der Waals surface area contributed by atoms with Crippen LogP contribution in [0, 0.1) is 5.82 Å². The molecular formula is C16H19FN2O3S. The Balaban J connectivity index is 1.89. The molecule has 1 aromatic carbocycles. The molecular weight excluding hydrogens is 319 g/mol.